The first-order valence-corrected chi connectivity index (χ1v) is 7.07. The smallest absolute Gasteiger partial charge is 0.0113 e. The van der Waals surface area contributed by atoms with E-state index in [1.807, 2.05) is 0 Å². The van der Waals surface area contributed by atoms with Crippen molar-refractivity contribution in [3.8, 4) is 0 Å². The highest BCUT2D eigenvalue weighted by atomic mass is 15.3. The van der Waals surface area contributed by atoms with Gasteiger partial charge in [0.15, 0.2) is 0 Å². The van der Waals surface area contributed by atoms with E-state index >= 15 is 0 Å². The summed E-state index contributed by atoms with van der Waals surface area (Å²) in [6, 6.07) is 0.966. The van der Waals surface area contributed by atoms with E-state index in [-0.39, 0.29) is 0 Å². The summed E-state index contributed by atoms with van der Waals surface area (Å²) in [5.41, 5.74) is 0. The second-order valence-corrected chi connectivity index (χ2v) is 5.21. The van der Waals surface area contributed by atoms with Crippen molar-refractivity contribution in [2.45, 2.75) is 38.6 Å². The van der Waals surface area contributed by atoms with Gasteiger partial charge in [-0.25, -0.2) is 0 Å². The summed E-state index contributed by atoms with van der Waals surface area (Å²) >= 11 is 0. The lowest BCUT2D eigenvalue weighted by atomic mass is 10.3. The van der Waals surface area contributed by atoms with E-state index in [1.54, 1.807) is 0 Å². The van der Waals surface area contributed by atoms with Gasteiger partial charge in [-0.2, -0.15) is 0 Å². The Kier molecular flexibility index (Phi) is 5.07. The summed E-state index contributed by atoms with van der Waals surface area (Å²) in [5, 5.41) is 3.47. The molecule has 1 heterocycles. The van der Waals surface area contributed by atoms with Gasteiger partial charge >= 0.3 is 0 Å². The lowest BCUT2D eigenvalue weighted by Gasteiger charge is -2.34. The molecule has 3 heteroatoms. The molecule has 3 nitrogen and oxygen atoms in total. The van der Waals surface area contributed by atoms with Crippen molar-refractivity contribution < 1.29 is 0 Å². The molecule has 0 unspecified atom stereocenters. The molecule has 1 aliphatic carbocycles. The van der Waals surface area contributed by atoms with Gasteiger partial charge in [0.2, 0.25) is 0 Å². The zero-order valence-electron chi connectivity index (χ0n) is 10.7. The van der Waals surface area contributed by atoms with Crippen LogP contribution in [0.15, 0.2) is 0 Å². The SMILES string of the molecule is CCCNCCCN1CCN(C2CC2)CC1. The number of nitrogens with one attached hydrogen (secondary N) is 1. The summed E-state index contributed by atoms with van der Waals surface area (Å²) in [4.78, 5) is 5.32. The Morgan fingerprint density at radius 1 is 1.06 bits per heavy atom. The molecule has 0 aromatic carbocycles. The summed E-state index contributed by atoms with van der Waals surface area (Å²) in [7, 11) is 0. The van der Waals surface area contributed by atoms with E-state index in [1.165, 1.54) is 71.5 Å². The van der Waals surface area contributed by atoms with Crippen LogP contribution in [0.4, 0.5) is 0 Å². The first-order valence-electron chi connectivity index (χ1n) is 7.07. The normalized spacial score (nSPS) is 23.8. The number of hydrogen-bond donors (Lipinski definition) is 1. The molecule has 0 amide bonds. The molecule has 2 aliphatic rings. The van der Waals surface area contributed by atoms with Gasteiger partial charge in [0.1, 0.15) is 0 Å². The van der Waals surface area contributed by atoms with Gasteiger partial charge in [0.25, 0.3) is 0 Å². The highest BCUT2D eigenvalue weighted by Crippen LogP contribution is 2.27. The third-order valence-electron chi connectivity index (χ3n) is 3.72. The van der Waals surface area contributed by atoms with Crippen molar-refractivity contribution in [3.05, 3.63) is 0 Å². The molecule has 1 saturated heterocycles. The Balaban J connectivity index is 1.48. The maximum atomic E-state index is 3.47. The van der Waals surface area contributed by atoms with Gasteiger partial charge < -0.3 is 10.2 Å². The number of hydrogen-bond acceptors (Lipinski definition) is 3. The molecule has 1 aliphatic heterocycles. The summed E-state index contributed by atoms with van der Waals surface area (Å²) < 4.78 is 0. The first-order chi connectivity index (χ1) is 7.90. The van der Waals surface area contributed by atoms with E-state index in [4.69, 9.17) is 0 Å². The van der Waals surface area contributed by atoms with E-state index in [2.05, 4.69) is 22.0 Å². The van der Waals surface area contributed by atoms with Gasteiger partial charge in [-0.05, 0) is 45.3 Å². The van der Waals surface area contributed by atoms with Crippen molar-refractivity contribution >= 4 is 0 Å². The van der Waals surface area contributed by atoms with Crippen molar-refractivity contribution in [3.63, 3.8) is 0 Å². The van der Waals surface area contributed by atoms with Crippen LogP contribution in [0.5, 0.6) is 0 Å². The van der Waals surface area contributed by atoms with E-state index in [0.717, 1.165) is 6.04 Å². The van der Waals surface area contributed by atoms with Crippen molar-refractivity contribution in [2.75, 3.05) is 45.8 Å². The van der Waals surface area contributed by atoms with Crippen molar-refractivity contribution in [1.29, 1.82) is 0 Å². The van der Waals surface area contributed by atoms with Gasteiger partial charge in [-0.1, -0.05) is 6.92 Å². The Morgan fingerprint density at radius 3 is 2.44 bits per heavy atom. The van der Waals surface area contributed by atoms with Crippen LogP contribution in [0.2, 0.25) is 0 Å². The molecule has 0 radical (unpaired) electrons. The minimum Gasteiger partial charge on any atom is -0.317 e. The third kappa shape index (κ3) is 4.04. The van der Waals surface area contributed by atoms with E-state index in [9.17, 15) is 0 Å². The lowest BCUT2D eigenvalue weighted by molar-refractivity contribution is 0.125. The van der Waals surface area contributed by atoms with Crippen LogP contribution >= 0.6 is 0 Å². The van der Waals surface area contributed by atoms with Gasteiger partial charge in [0, 0.05) is 32.2 Å². The monoisotopic (exact) mass is 225 g/mol. The van der Waals surface area contributed by atoms with Gasteiger partial charge in [0.05, 0.1) is 0 Å². The van der Waals surface area contributed by atoms with Gasteiger partial charge in [-0.3, -0.25) is 4.90 Å². The number of rotatable bonds is 7. The molecule has 0 aromatic rings. The Hall–Kier alpha value is -0.120. The number of nitrogens with zero attached hydrogens (tertiary/aromatic N) is 2. The standard InChI is InChI=1S/C13H27N3/c1-2-6-14-7-3-8-15-9-11-16(12-10-15)13-4-5-13/h13-14H,2-12H2,1H3. The molecule has 2 rings (SSSR count). The zero-order valence-corrected chi connectivity index (χ0v) is 10.7. The van der Waals surface area contributed by atoms with E-state index in [0.29, 0.717) is 0 Å². The summed E-state index contributed by atoms with van der Waals surface area (Å²) in [6.07, 6.45) is 5.48. The zero-order chi connectivity index (χ0) is 11.2. The fourth-order valence-corrected chi connectivity index (χ4v) is 2.52. The molecule has 0 atom stereocenters. The quantitative estimate of drug-likeness (QED) is 0.656. The van der Waals surface area contributed by atoms with Crippen LogP contribution in [0, 0.1) is 0 Å². The molecule has 0 spiro atoms. The second-order valence-electron chi connectivity index (χ2n) is 5.21. The molecular formula is C13H27N3. The molecular weight excluding hydrogens is 198 g/mol. The third-order valence-corrected chi connectivity index (χ3v) is 3.72. The topological polar surface area (TPSA) is 18.5 Å². The van der Waals surface area contributed by atoms with Crippen LogP contribution in [-0.2, 0) is 0 Å². The first kappa shape index (κ1) is 12.3. The van der Waals surface area contributed by atoms with Crippen LogP contribution in [0.3, 0.4) is 0 Å². The minimum absolute atomic E-state index is 0.966. The lowest BCUT2D eigenvalue weighted by Crippen LogP contribution is -2.47. The van der Waals surface area contributed by atoms with E-state index < -0.39 is 0 Å². The Labute approximate surface area is 100 Å². The predicted molar refractivity (Wildman–Crippen MR) is 68.8 cm³/mol. The Bertz CT molecular complexity index is 184. The molecule has 16 heavy (non-hydrogen) atoms. The molecule has 0 aromatic heterocycles. The Morgan fingerprint density at radius 2 is 1.81 bits per heavy atom. The van der Waals surface area contributed by atoms with Crippen LogP contribution in [0.1, 0.15) is 32.6 Å². The second kappa shape index (κ2) is 6.58. The van der Waals surface area contributed by atoms with Crippen LogP contribution in [0.25, 0.3) is 0 Å². The maximum Gasteiger partial charge on any atom is 0.0113 e. The van der Waals surface area contributed by atoms with Crippen LogP contribution < -0.4 is 5.32 Å². The number of piperazine rings is 1. The average Bonchev–Trinajstić information content (AvgIpc) is 3.14. The summed E-state index contributed by atoms with van der Waals surface area (Å²) in [5.74, 6) is 0. The average molecular weight is 225 g/mol. The molecule has 94 valence electrons. The van der Waals surface area contributed by atoms with Crippen molar-refractivity contribution in [2.24, 2.45) is 0 Å². The largest absolute Gasteiger partial charge is 0.317 e. The molecule has 1 N–H and O–H groups in total. The van der Waals surface area contributed by atoms with Crippen molar-refractivity contribution in [1.82, 2.24) is 15.1 Å². The maximum absolute atomic E-state index is 3.47. The highest BCUT2D eigenvalue weighted by Gasteiger charge is 2.30. The highest BCUT2D eigenvalue weighted by molar-refractivity contribution is 4.87. The fraction of sp³-hybridized carbons (Fsp3) is 1.00. The van der Waals surface area contributed by atoms with Crippen LogP contribution in [-0.4, -0.2) is 61.7 Å². The van der Waals surface area contributed by atoms with Gasteiger partial charge in [-0.15, -0.1) is 0 Å². The molecule has 0 bridgehead atoms. The minimum atomic E-state index is 0.966. The summed E-state index contributed by atoms with van der Waals surface area (Å²) in [6.45, 7) is 11.1. The molecule has 1 saturated carbocycles. The fourth-order valence-electron chi connectivity index (χ4n) is 2.52. The predicted octanol–water partition coefficient (Wildman–Crippen LogP) is 1.16. The molecule has 2 fully saturated rings.